The Morgan fingerprint density at radius 1 is 1.07 bits per heavy atom. The fourth-order valence-corrected chi connectivity index (χ4v) is 2.89. The Balaban J connectivity index is 0.000000461. The maximum absolute atomic E-state index is 2.29. The molecule has 0 N–H and O–H groups in total. The van der Waals surface area contributed by atoms with Crippen LogP contribution in [0.1, 0.15) is 37.7 Å². The molecule has 0 aliphatic heterocycles. The Bertz CT molecular complexity index is 309. The predicted octanol–water partition coefficient (Wildman–Crippen LogP) is 3.84. The van der Waals surface area contributed by atoms with Crippen molar-refractivity contribution in [1.82, 2.24) is 0 Å². The molecule has 1 heteroatoms. The Morgan fingerprint density at radius 3 is 2.43 bits per heavy atom. The molecule has 0 saturated heterocycles. The third-order valence-corrected chi connectivity index (χ3v) is 3.97. The van der Waals surface area contributed by atoms with Gasteiger partial charge in [0.05, 0.1) is 0 Å². The van der Waals surface area contributed by atoms with Crippen molar-refractivity contribution in [2.75, 3.05) is 0 Å². The fourth-order valence-electron chi connectivity index (χ4n) is 1.25. The first-order chi connectivity index (χ1) is 6.67. The van der Waals surface area contributed by atoms with Crippen LogP contribution < -0.4 is 0 Å². The van der Waals surface area contributed by atoms with E-state index in [1.54, 1.807) is 0 Å². The van der Waals surface area contributed by atoms with E-state index in [1.807, 2.05) is 13.8 Å². The Labute approximate surface area is 93.1 Å². The van der Waals surface area contributed by atoms with Crippen LogP contribution in [0, 0.1) is 5.41 Å². The van der Waals surface area contributed by atoms with Crippen molar-refractivity contribution in [2.24, 2.45) is 5.41 Å². The van der Waals surface area contributed by atoms with E-state index in [9.17, 15) is 0 Å². The van der Waals surface area contributed by atoms with Gasteiger partial charge in [0.2, 0.25) is 0 Å². The zero-order valence-corrected chi connectivity index (χ0v) is 11.1. The van der Waals surface area contributed by atoms with Gasteiger partial charge in [-0.2, -0.15) is 0 Å². The topological polar surface area (TPSA) is 0 Å². The van der Waals surface area contributed by atoms with E-state index in [4.69, 9.17) is 0 Å². The number of fused-ring (bicyclic) bond motifs is 1. The van der Waals surface area contributed by atoms with Crippen molar-refractivity contribution in [3.05, 3.63) is 33.2 Å². The fraction of sp³-hybridized carbons (Fsp3) is 0.385. The zero-order chi connectivity index (χ0) is 10.6. The monoisotopic (exact) mass is 254 g/mol. The van der Waals surface area contributed by atoms with Gasteiger partial charge >= 0.3 is 79.1 Å². The van der Waals surface area contributed by atoms with Crippen LogP contribution in [0.15, 0.2) is 23.2 Å². The van der Waals surface area contributed by atoms with Crippen molar-refractivity contribution in [3.8, 4) is 0 Å². The van der Waals surface area contributed by atoms with Gasteiger partial charge in [0, 0.05) is 0 Å². The van der Waals surface area contributed by atoms with Crippen LogP contribution in [0.4, 0.5) is 0 Å². The molecule has 1 aromatic rings. The average molecular weight is 253 g/mol. The van der Waals surface area contributed by atoms with Gasteiger partial charge in [-0.3, -0.25) is 0 Å². The van der Waals surface area contributed by atoms with Crippen LogP contribution in [-0.2, 0) is 0 Å². The van der Waals surface area contributed by atoms with E-state index < -0.39 is 0 Å². The van der Waals surface area contributed by atoms with Gasteiger partial charge in [0.25, 0.3) is 0 Å². The van der Waals surface area contributed by atoms with E-state index in [2.05, 4.69) is 49.2 Å². The van der Waals surface area contributed by atoms with Crippen molar-refractivity contribution >= 4 is 26.7 Å². The van der Waals surface area contributed by atoms with Crippen LogP contribution >= 0.6 is 0 Å². The van der Waals surface area contributed by atoms with Crippen LogP contribution in [-0.4, -0.2) is 14.5 Å². The molecule has 76 valence electrons. The second-order valence-corrected chi connectivity index (χ2v) is 5.72. The number of hydrogen-bond acceptors (Lipinski definition) is 0. The van der Waals surface area contributed by atoms with Crippen LogP contribution in [0.25, 0.3) is 12.2 Å². The van der Waals surface area contributed by atoms with Crippen LogP contribution in [0.5, 0.6) is 0 Å². The molecule has 0 bridgehead atoms. The summed E-state index contributed by atoms with van der Waals surface area (Å²) in [6.07, 6.45) is 9.11. The summed E-state index contributed by atoms with van der Waals surface area (Å²) in [5.41, 5.74) is 1.64. The molecule has 0 atom stereocenters. The molecule has 0 radical (unpaired) electrons. The van der Waals surface area contributed by atoms with E-state index in [1.165, 1.54) is 10.0 Å². The standard InChI is InChI=1S/C11H12Se.C2H6/c1-11(2)6-3-9-5-8-12-10(9)4-7-11;1-2/h3-8H,1-2H3;1-2H3. The first-order valence-electron chi connectivity index (χ1n) is 5.13. The van der Waals surface area contributed by atoms with Gasteiger partial charge in [0.1, 0.15) is 0 Å². The Morgan fingerprint density at radius 2 is 1.71 bits per heavy atom. The first-order valence-corrected chi connectivity index (χ1v) is 6.98. The molecular formula is C13H18Se. The van der Waals surface area contributed by atoms with E-state index in [0.29, 0.717) is 14.5 Å². The third-order valence-electron chi connectivity index (χ3n) is 2.08. The quantitative estimate of drug-likeness (QED) is 0.616. The number of allylic oxidation sites excluding steroid dienone is 2. The van der Waals surface area contributed by atoms with E-state index in [-0.39, 0.29) is 5.41 Å². The Kier molecular flexibility index (Phi) is 3.97. The number of rotatable bonds is 0. The van der Waals surface area contributed by atoms with Crippen LogP contribution in [0.2, 0.25) is 0 Å². The van der Waals surface area contributed by atoms with E-state index in [0.717, 1.165) is 0 Å². The summed E-state index contributed by atoms with van der Waals surface area (Å²) in [5, 5.41) is 0. The second-order valence-electron chi connectivity index (χ2n) is 3.73. The molecule has 1 heterocycles. The van der Waals surface area contributed by atoms with E-state index >= 15 is 0 Å². The molecule has 0 unspecified atom stereocenters. The molecule has 0 nitrogen and oxygen atoms in total. The first kappa shape index (κ1) is 11.6. The van der Waals surface area contributed by atoms with Crippen LogP contribution in [0.3, 0.4) is 0 Å². The molecule has 0 aromatic carbocycles. The molecule has 1 aliphatic carbocycles. The molecule has 2 rings (SSSR count). The SMILES string of the molecule is CC.CC1(C)C=Cc2cc[se]c2C=C1. The normalized spacial score (nSPS) is 16.6. The molecular weight excluding hydrogens is 235 g/mol. The van der Waals surface area contributed by atoms with Crippen molar-refractivity contribution in [2.45, 2.75) is 27.7 Å². The molecule has 0 amide bonds. The molecule has 14 heavy (non-hydrogen) atoms. The maximum atomic E-state index is 2.29. The van der Waals surface area contributed by atoms with Crippen molar-refractivity contribution in [3.63, 3.8) is 0 Å². The predicted molar refractivity (Wildman–Crippen MR) is 66.6 cm³/mol. The summed E-state index contributed by atoms with van der Waals surface area (Å²) in [6.45, 7) is 8.47. The van der Waals surface area contributed by atoms with Gasteiger partial charge in [-0.15, -0.1) is 0 Å². The summed E-state index contributed by atoms with van der Waals surface area (Å²) < 4.78 is 1.52. The summed E-state index contributed by atoms with van der Waals surface area (Å²) in [4.78, 5) is 2.28. The van der Waals surface area contributed by atoms with Gasteiger partial charge < -0.3 is 0 Å². The summed E-state index contributed by atoms with van der Waals surface area (Å²) in [7, 11) is 0. The third kappa shape index (κ3) is 2.73. The summed E-state index contributed by atoms with van der Waals surface area (Å²) in [6, 6.07) is 2.23. The zero-order valence-electron chi connectivity index (χ0n) is 9.37. The molecule has 0 fully saturated rings. The second kappa shape index (κ2) is 4.82. The molecule has 1 aromatic heterocycles. The van der Waals surface area contributed by atoms with Gasteiger partial charge in [-0.1, -0.05) is 13.8 Å². The minimum absolute atomic E-state index is 0.230. The number of hydrogen-bond donors (Lipinski definition) is 0. The molecule has 1 aliphatic rings. The summed E-state index contributed by atoms with van der Waals surface area (Å²) >= 11 is 0.580. The Hall–Kier alpha value is -0.521. The molecule has 0 saturated carbocycles. The average Bonchev–Trinajstić information content (AvgIpc) is 2.58. The molecule has 0 spiro atoms. The summed E-state index contributed by atoms with van der Waals surface area (Å²) in [5.74, 6) is 0. The van der Waals surface area contributed by atoms with Gasteiger partial charge in [-0.05, 0) is 0 Å². The van der Waals surface area contributed by atoms with Crippen molar-refractivity contribution in [1.29, 1.82) is 0 Å². The van der Waals surface area contributed by atoms with Gasteiger partial charge in [0.15, 0.2) is 0 Å². The van der Waals surface area contributed by atoms with Crippen molar-refractivity contribution < 1.29 is 0 Å². The van der Waals surface area contributed by atoms with Gasteiger partial charge in [-0.25, -0.2) is 0 Å². The minimum atomic E-state index is 0.230.